The van der Waals surface area contributed by atoms with Crippen molar-refractivity contribution in [2.45, 2.75) is 57.7 Å². The summed E-state index contributed by atoms with van der Waals surface area (Å²) in [6.07, 6.45) is 4.60. The SMILES string of the molecule is CCCCC[C@@H]1C[C@@H](O)CC(=O)O1. The van der Waals surface area contributed by atoms with E-state index in [0.717, 1.165) is 12.8 Å². The maximum atomic E-state index is 10.9. The first-order chi connectivity index (χ1) is 6.22. The third kappa shape index (κ3) is 3.77. The average molecular weight is 186 g/mol. The van der Waals surface area contributed by atoms with E-state index in [1.165, 1.54) is 12.8 Å². The van der Waals surface area contributed by atoms with Gasteiger partial charge in [-0.25, -0.2) is 0 Å². The standard InChI is InChI=1S/C10H18O3/c1-2-3-4-5-9-6-8(11)7-10(12)13-9/h8-9,11H,2-7H2,1H3/t8-,9-/m1/s1. The molecule has 2 atom stereocenters. The predicted molar refractivity (Wildman–Crippen MR) is 49.3 cm³/mol. The van der Waals surface area contributed by atoms with Crippen LogP contribution in [0.1, 0.15) is 45.4 Å². The third-order valence-corrected chi connectivity index (χ3v) is 2.37. The zero-order valence-electron chi connectivity index (χ0n) is 8.16. The summed E-state index contributed by atoms with van der Waals surface area (Å²) < 4.78 is 5.10. The van der Waals surface area contributed by atoms with Gasteiger partial charge in [-0.3, -0.25) is 4.79 Å². The highest BCUT2D eigenvalue weighted by atomic mass is 16.5. The van der Waals surface area contributed by atoms with Crippen LogP contribution in [0.2, 0.25) is 0 Å². The maximum absolute atomic E-state index is 10.9. The molecule has 0 bridgehead atoms. The molecule has 1 aliphatic heterocycles. The summed E-state index contributed by atoms with van der Waals surface area (Å²) in [5.74, 6) is -0.250. The van der Waals surface area contributed by atoms with Crippen LogP contribution in [0, 0.1) is 0 Å². The summed E-state index contributed by atoms with van der Waals surface area (Å²) in [6, 6.07) is 0. The van der Waals surface area contributed by atoms with Crippen molar-refractivity contribution in [2.24, 2.45) is 0 Å². The molecule has 13 heavy (non-hydrogen) atoms. The van der Waals surface area contributed by atoms with E-state index in [0.29, 0.717) is 6.42 Å². The number of hydrogen-bond acceptors (Lipinski definition) is 3. The Labute approximate surface area is 79.1 Å². The van der Waals surface area contributed by atoms with E-state index in [1.54, 1.807) is 0 Å². The molecule has 0 radical (unpaired) electrons. The van der Waals surface area contributed by atoms with E-state index >= 15 is 0 Å². The van der Waals surface area contributed by atoms with Crippen molar-refractivity contribution in [1.29, 1.82) is 0 Å². The Morgan fingerprint density at radius 1 is 1.54 bits per heavy atom. The first-order valence-electron chi connectivity index (χ1n) is 5.10. The lowest BCUT2D eigenvalue weighted by molar-refractivity contribution is -0.160. The van der Waals surface area contributed by atoms with Crippen LogP contribution in [0.25, 0.3) is 0 Å². The number of esters is 1. The highest BCUT2D eigenvalue weighted by molar-refractivity contribution is 5.70. The highest BCUT2D eigenvalue weighted by Crippen LogP contribution is 2.19. The van der Waals surface area contributed by atoms with Crippen LogP contribution < -0.4 is 0 Å². The average Bonchev–Trinajstić information content (AvgIpc) is 2.03. The van der Waals surface area contributed by atoms with Crippen LogP contribution in [0.5, 0.6) is 0 Å². The van der Waals surface area contributed by atoms with Gasteiger partial charge in [0, 0.05) is 6.42 Å². The summed E-state index contributed by atoms with van der Waals surface area (Å²) >= 11 is 0. The van der Waals surface area contributed by atoms with Gasteiger partial charge in [-0.15, -0.1) is 0 Å². The van der Waals surface area contributed by atoms with Crippen LogP contribution in [-0.2, 0) is 9.53 Å². The Bertz CT molecular complexity index is 168. The van der Waals surface area contributed by atoms with Gasteiger partial charge in [0.25, 0.3) is 0 Å². The van der Waals surface area contributed by atoms with E-state index in [1.807, 2.05) is 0 Å². The van der Waals surface area contributed by atoms with Crippen molar-refractivity contribution in [1.82, 2.24) is 0 Å². The fraction of sp³-hybridized carbons (Fsp3) is 0.900. The summed E-state index contributed by atoms with van der Waals surface area (Å²) in [5.41, 5.74) is 0. The quantitative estimate of drug-likeness (QED) is 0.536. The fourth-order valence-corrected chi connectivity index (χ4v) is 1.66. The Morgan fingerprint density at radius 2 is 2.31 bits per heavy atom. The maximum Gasteiger partial charge on any atom is 0.308 e. The normalized spacial score (nSPS) is 28.6. The fourth-order valence-electron chi connectivity index (χ4n) is 1.66. The molecule has 0 aromatic rings. The minimum Gasteiger partial charge on any atom is -0.462 e. The van der Waals surface area contributed by atoms with E-state index < -0.39 is 6.10 Å². The van der Waals surface area contributed by atoms with Gasteiger partial charge in [0.1, 0.15) is 6.10 Å². The molecule has 0 aromatic carbocycles. The molecule has 0 spiro atoms. The Balaban J connectivity index is 2.21. The largest absolute Gasteiger partial charge is 0.462 e. The molecule has 3 nitrogen and oxygen atoms in total. The second-order valence-corrected chi connectivity index (χ2v) is 3.70. The summed E-state index contributed by atoms with van der Waals surface area (Å²) in [6.45, 7) is 2.14. The molecule has 0 aromatic heterocycles. The number of aliphatic hydroxyl groups is 1. The molecule has 0 unspecified atom stereocenters. The van der Waals surface area contributed by atoms with E-state index in [9.17, 15) is 9.90 Å². The molecule has 76 valence electrons. The number of rotatable bonds is 4. The van der Waals surface area contributed by atoms with Crippen molar-refractivity contribution in [3.8, 4) is 0 Å². The molecule has 1 saturated heterocycles. The number of hydrogen-bond donors (Lipinski definition) is 1. The molecule has 1 fully saturated rings. The molecule has 1 rings (SSSR count). The number of carbonyl (C=O) groups excluding carboxylic acids is 1. The summed E-state index contributed by atoms with van der Waals surface area (Å²) in [4.78, 5) is 10.9. The van der Waals surface area contributed by atoms with E-state index in [4.69, 9.17) is 4.74 Å². The molecule has 0 saturated carbocycles. The van der Waals surface area contributed by atoms with Gasteiger partial charge in [0.2, 0.25) is 0 Å². The monoisotopic (exact) mass is 186 g/mol. The van der Waals surface area contributed by atoms with Gasteiger partial charge in [0.15, 0.2) is 0 Å². The number of aliphatic hydroxyl groups excluding tert-OH is 1. The van der Waals surface area contributed by atoms with Crippen molar-refractivity contribution in [3.63, 3.8) is 0 Å². The third-order valence-electron chi connectivity index (χ3n) is 2.37. The molecule has 0 amide bonds. The van der Waals surface area contributed by atoms with Gasteiger partial charge < -0.3 is 9.84 Å². The lowest BCUT2D eigenvalue weighted by Gasteiger charge is -2.25. The smallest absolute Gasteiger partial charge is 0.308 e. The molecule has 1 aliphatic rings. The lowest BCUT2D eigenvalue weighted by atomic mass is 10.0. The minimum atomic E-state index is -0.479. The van der Waals surface area contributed by atoms with Gasteiger partial charge >= 0.3 is 5.97 Å². The summed E-state index contributed by atoms with van der Waals surface area (Å²) in [5, 5.41) is 9.31. The molecule has 0 aliphatic carbocycles. The van der Waals surface area contributed by atoms with Gasteiger partial charge in [-0.1, -0.05) is 19.8 Å². The van der Waals surface area contributed by atoms with Crippen molar-refractivity contribution < 1.29 is 14.6 Å². The molecule has 1 heterocycles. The van der Waals surface area contributed by atoms with Crippen LogP contribution in [0.3, 0.4) is 0 Å². The zero-order chi connectivity index (χ0) is 9.68. The topological polar surface area (TPSA) is 46.5 Å². The predicted octanol–water partition coefficient (Wildman–Crippen LogP) is 1.63. The highest BCUT2D eigenvalue weighted by Gasteiger charge is 2.26. The van der Waals surface area contributed by atoms with Gasteiger partial charge in [-0.2, -0.15) is 0 Å². The molecule has 3 heteroatoms. The molecule has 1 N–H and O–H groups in total. The molecular formula is C10H18O3. The van der Waals surface area contributed by atoms with Crippen LogP contribution in [-0.4, -0.2) is 23.3 Å². The Hall–Kier alpha value is -0.570. The van der Waals surface area contributed by atoms with E-state index in [-0.39, 0.29) is 18.5 Å². The Kier molecular flexibility index (Phi) is 4.22. The van der Waals surface area contributed by atoms with Gasteiger partial charge in [-0.05, 0) is 12.8 Å². The number of unbranched alkanes of at least 4 members (excludes halogenated alkanes) is 2. The first-order valence-corrected chi connectivity index (χ1v) is 5.10. The van der Waals surface area contributed by atoms with Crippen molar-refractivity contribution in [3.05, 3.63) is 0 Å². The van der Waals surface area contributed by atoms with Crippen LogP contribution in [0.4, 0.5) is 0 Å². The second-order valence-electron chi connectivity index (χ2n) is 3.70. The number of carbonyl (C=O) groups is 1. The van der Waals surface area contributed by atoms with Crippen LogP contribution in [0.15, 0.2) is 0 Å². The zero-order valence-corrected chi connectivity index (χ0v) is 8.16. The first kappa shape index (κ1) is 10.5. The molecular weight excluding hydrogens is 168 g/mol. The summed E-state index contributed by atoms with van der Waals surface area (Å²) in [7, 11) is 0. The van der Waals surface area contributed by atoms with Crippen molar-refractivity contribution >= 4 is 5.97 Å². The minimum absolute atomic E-state index is 0.0391. The number of ether oxygens (including phenoxy) is 1. The second kappa shape index (κ2) is 5.22. The Morgan fingerprint density at radius 3 is 2.92 bits per heavy atom. The number of cyclic esters (lactones) is 1. The van der Waals surface area contributed by atoms with Crippen molar-refractivity contribution in [2.75, 3.05) is 0 Å². The lowest BCUT2D eigenvalue weighted by Crippen LogP contribution is -2.32. The van der Waals surface area contributed by atoms with Crippen LogP contribution >= 0.6 is 0 Å². The van der Waals surface area contributed by atoms with E-state index in [2.05, 4.69) is 6.92 Å². The van der Waals surface area contributed by atoms with Gasteiger partial charge in [0.05, 0.1) is 12.5 Å².